The first-order chi connectivity index (χ1) is 12.4. The Labute approximate surface area is 162 Å². The average molecular weight is 412 g/mol. The molecule has 0 bridgehead atoms. The Bertz CT molecular complexity index is 899. The number of carbonyl (C=O) groups is 2. The summed E-state index contributed by atoms with van der Waals surface area (Å²) in [6, 6.07) is 12.1. The molecule has 0 aliphatic carbocycles. The molecule has 0 fully saturated rings. The summed E-state index contributed by atoms with van der Waals surface area (Å²) in [5.41, 5.74) is 5.59. The van der Waals surface area contributed by atoms with Crippen LogP contribution in [0.3, 0.4) is 0 Å². The maximum atomic E-state index is 11.6. The van der Waals surface area contributed by atoms with Gasteiger partial charge in [0.1, 0.15) is 6.29 Å². The Morgan fingerprint density at radius 3 is 2.58 bits per heavy atom. The van der Waals surface area contributed by atoms with Crippen LogP contribution >= 0.6 is 15.9 Å². The number of halogens is 1. The van der Waals surface area contributed by atoms with Crippen LogP contribution in [0.2, 0.25) is 0 Å². The lowest BCUT2D eigenvalue weighted by atomic mass is 9.83. The fraction of sp³-hybridized carbons (Fsp3) is 0.273. The molecule has 4 heteroatoms. The third-order valence-electron chi connectivity index (χ3n) is 5.03. The molecule has 0 saturated heterocycles. The monoisotopic (exact) mass is 411 g/mol. The second-order valence-corrected chi connectivity index (χ2v) is 7.93. The molecule has 1 aliphatic heterocycles. The van der Waals surface area contributed by atoms with Crippen LogP contribution in [0.25, 0.3) is 5.70 Å². The standard InChI is InChI=1S/C22H22BrNO2/c1-4-20-17-9-8-16(22(2,3)14-26)12-15(17)10-11-24(20)21-7-5-6-19(23)18(21)13-25/h4-9,12-14H,10-11H2,1-3H3/b20-4+. The molecule has 0 radical (unpaired) electrons. The van der Waals surface area contributed by atoms with Gasteiger partial charge in [-0.25, -0.2) is 0 Å². The molecule has 1 heterocycles. The lowest BCUT2D eigenvalue weighted by molar-refractivity contribution is -0.111. The van der Waals surface area contributed by atoms with Gasteiger partial charge >= 0.3 is 0 Å². The number of nitrogens with zero attached hydrogens (tertiary/aromatic N) is 1. The van der Waals surface area contributed by atoms with E-state index in [0.29, 0.717) is 5.56 Å². The molecule has 0 saturated carbocycles. The first kappa shape index (κ1) is 18.6. The lowest BCUT2D eigenvalue weighted by Crippen LogP contribution is -2.30. The topological polar surface area (TPSA) is 37.4 Å². The number of rotatable bonds is 4. The van der Waals surface area contributed by atoms with Crippen molar-refractivity contribution in [3.63, 3.8) is 0 Å². The number of hydrogen-bond donors (Lipinski definition) is 0. The first-order valence-electron chi connectivity index (χ1n) is 8.70. The molecule has 26 heavy (non-hydrogen) atoms. The number of aldehydes is 2. The van der Waals surface area contributed by atoms with E-state index in [1.165, 1.54) is 5.56 Å². The molecule has 1 aliphatic rings. The van der Waals surface area contributed by atoms with Gasteiger partial charge in [0, 0.05) is 27.7 Å². The van der Waals surface area contributed by atoms with Gasteiger partial charge in [-0.3, -0.25) is 4.79 Å². The fourth-order valence-corrected chi connectivity index (χ4v) is 3.91. The van der Waals surface area contributed by atoms with Crippen LogP contribution in [0.1, 0.15) is 47.8 Å². The summed E-state index contributed by atoms with van der Waals surface area (Å²) in [5, 5.41) is 0. The van der Waals surface area contributed by atoms with E-state index in [1.54, 1.807) is 0 Å². The van der Waals surface area contributed by atoms with Gasteiger partial charge in [-0.1, -0.05) is 30.3 Å². The molecular formula is C22H22BrNO2. The van der Waals surface area contributed by atoms with Crippen molar-refractivity contribution < 1.29 is 9.59 Å². The summed E-state index contributed by atoms with van der Waals surface area (Å²) < 4.78 is 0.800. The quantitative estimate of drug-likeness (QED) is 0.651. The van der Waals surface area contributed by atoms with Crippen LogP contribution in [-0.2, 0) is 16.6 Å². The van der Waals surface area contributed by atoms with E-state index in [4.69, 9.17) is 0 Å². The summed E-state index contributed by atoms with van der Waals surface area (Å²) in [4.78, 5) is 25.2. The van der Waals surface area contributed by atoms with Gasteiger partial charge in [-0.15, -0.1) is 0 Å². The van der Waals surface area contributed by atoms with Crippen LogP contribution in [0.4, 0.5) is 5.69 Å². The van der Waals surface area contributed by atoms with E-state index < -0.39 is 5.41 Å². The molecule has 134 valence electrons. The lowest BCUT2D eigenvalue weighted by Gasteiger charge is -2.35. The Hall–Kier alpha value is -2.20. The molecule has 0 atom stereocenters. The number of allylic oxidation sites excluding steroid dienone is 1. The van der Waals surface area contributed by atoms with E-state index in [9.17, 15) is 9.59 Å². The van der Waals surface area contributed by atoms with Crippen LogP contribution in [0.5, 0.6) is 0 Å². The molecule has 2 aromatic carbocycles. The number of hydrogen-bond acceptors (Lipinski definition) is 3. The summed E-state index contributed by atoms with van der Waals surface area (Å²) >= 11 is 3.48. The molecule has 0 unspecified atom stereocenters. The third-order valence-corrected chi connectivity index (χ3v) is 5.72. The highest BCUT2D eigenvalue weighted by Gasteiger charge is 2.26. The zero-order chi connectivity index (χ0) is 18.9. The minimum absolute atomic E-state index is 0.489. The van der Waals surface area contributed by atoms with Crippen LogP contribution in [0, 0.1) is 0 Å². The third kappa shape index (κ3) is 3.14. The van der Waals surface area contributed by atoms with Gasteiger partial charge < -0.3 is 9.69 Å². The van der Waals surface area contributed by atoms with Gasteiger partial charge in [0.05, 0.1) is 11.3 Å². The predicted molar refractivity (Wildman–Crippen MR) is 110 cm³/mol. The van der Waals surface area contributed by atoms with Crippen molar-refractivity contribution in [1.29, 1.82) is 0 Å². The normalized spacial score (nSPS) is 15.7. The molecule has 0 N–H and O–H groups in total. The second-order valence-electron chi connectivity index (χ2n) is 7.08. The zero-order valence-corrected chi connectivity index (χ0v) is 16.8. The van der Waals surface area contributed by atoms with Gasteiger partial charge in [-0.05, 0) is 66.4 Å². The smallest absolute Gasteiger partial charge is 0.153 e. The van der Waals surface area contributed by atoms with E-state index in [-0.39, 0.29) is 0 Å². The summed E-state index contributed by atoms with van der Waals surface area (Å²) in [6.45, 7) is 6.67. The van der Waals surface area contributed by atoms with Gasteiger partial charge in [0.15, 0.2) is 6.29 Å². The largest absolute Gasteiger partial charge is 0.340 e. The van der Waals surface area contributed by atoms with Crippen LogP contribution in [-0.4, -0.2) is 19.1 Å². The van der Waals surface area contributed by atoms with Crippen molar-refractivity contribution in [2.75, 3.05) is 11.4 Å². The molecular weight excluding hydrogens is 390 g/mol. The number of benzene rings is 2. The van der Waals surface area contributed by atoms with Crippen molar-refractivity contribution in [1.82, 2.24) is 0 Å². The number of anilines is 1. The molecule has 0 amide bonds. The van der Waals surface area contributed by atoms with E-state index >= 15 is 0 Å². The number of fused-ring (bicyclic) bond motifs is 1. The zero-order valence-electron chi connectivity index (χ0n) is 15.3. The van der Waals surface area contributed by atoms with Gasteiger partial charge in [-0.2, -0.15) is 0 Å². The average Bonchev–Trinajstić information content (AvgIpc) is 2.66. The molecule has 0 aromatic heterocycles. The minimum atomic E-state index is -0.489. The van der Waals surface area contributed by atoms with Crippen molar-refractivity contribution in [2.24, 2.45) is 0 Å². The molecule has 3 nitrogen and oxygen atoms in total. The van der Waals surface area contributed by atoms with E-state index in [1.807, 2.05) is 45.0 Å². The molecule has 0 spiro atoms. The summed E-state index contributed by atoms with van der Waals surface area (Å²) in [7, 11) is 0. The minimum Gasteiger partial charge on any atom is -0.340 e. The highest BCUT2D eigenvalue weighted by molar-refractivity contribution is 9.10. The SMILES string of the molecule is C/C=C1\c2ccc(C(C)(C)C=O)cc2CCN1c1cccc(Br)c1C=O. The highest BCUT2D eigenvalue weighted by Crippen LogP contribution is 2.37. The summed E-state index contributed by atoms with van der Waals surface area (Å²) in [6.07, 6.45) is 4.84. The van der Waals surface area contributed by atoms with Crippen molar-refractivity contribution in [3.05, 3.63) is 69.2 Å². The highest BCUT2D eigenvalue weighted by atomic mass is 79.9. The fourth-order valence-electron chi connectivity index (χ4n) is 3.46. The van der Waals surface area contributed by atoms with Crippen molar-refractivity contribution in [3.8, 4) is 0 Å². The Morgan fingerprint density at radius 2 is 1.92 bits per heavy atom. The maximum absolute atomic E-state index is 11.6. The number of carbonyl (C=O) groups excluding carboxylic acids is 2. The molecule has 2 aromatic rings. The first-order valence-corrected chi connectivity index (χ1v) is 9.50. The Morgan fingerprint density at radius 1 is 1.15 bits per heavy atom. The Balaban J connectivity index is 2.08. The van der Waals surface area contributed by atoms with E-state index in [0.717, 1.165) is 52.5 Å². The Kier molecular flexibility index (Phi) is 5.15. The maximum Gasteiger partial charge on any atom is 0.153 e. The van der Waals surface area contributed by atoms with Crippen molar-refractivity contribution >= 4 is 39.9 Å². The van der Waals surface area contributed by atoms with Gasteiger partial charge in [0.25, 0.3) is 0 Å². The van der Waals surface area contributed by atoms with Crippen molar-refractivity contribution in [2.45, 2.75) is 32.6 Å². The van der Waals surface area contributed by atoms with E-state index in [2.05, 4.69) is 39.0 Å². The van der Waals surface area contributed by atoms with Gasteiger partial charge in [0.2, 0.25) is 0 Å². The molecule has 3 rings (SSSR count). The summed E-state index contributed by atoms with van der Waals surface area (Å²) in [5.74, 6) is 0. The van der Waals surface area contributed by atoms with Crippen LogP contribution in [0.15, 0.2) is 46.9 Å². The van der Waals surface area contributed by atoms with Crippen LogP contribution < -0.4 is 4.90 Å². The second kappa shape index (κ2) is 7.20. The predicted octanol–water partition coefficient (Wildman–Crippen LogP) is 5.16.